The van der Waals surface area contributed by atoms with Crippen LogP contribution < -0.4 is 4.90 Å². The monoisotopic (exact) mass is 328 g/mol. The standard InChI is InChI=1S/C17H24N6O/c1-21(2)16-15-17(19-10-18-16)22(11-20-15)9-14(24)23(13-7-8-13)12-5-3-4-6-12/h10-13H,3-9H2,1-2H3. The van der Waals surface area contributed by atoms with E-state index in [1.54, 1.807) is 6.33 Å². The van der Waals surface area contributed by atoms with Gasteiger partial charge < -0.3 is 14.4 Å². The zero-order valence-electron chi connectivity index (χ0n) is 14.4. The van der Waals surface area contributed by atoms with E-state index in [0.29, 0.717) is 18.6 Å². The molecule has 0 spiro atoms. The molecule has 0 N–H and O–H groups in total. The third kappa shape index (κ3) is 2.72. The van der Waals surface area contributed by atoms with E-state index in [1.807, 2.05) is 23.6 Å². The van der Waals surface area contributed by atoms with Crippen molar-refractivity contribution in [1.29, 1.82) is 0 Å². The first-order valence-electron chi connectivity index (χ1n) is 8.79. The predicted molar refractivity (Wildman–Crippen MR) is 91.8 cm³/mol. The maximum Gasteiger partial charge on any atom is 0.243 e. The van der Waals surface area contributed by atoms with E-state index in [1.165, 1.54) is 19.2 Å². The van der Waals surface area contributed by atoms with Gasteiger partial charge in [0.15, 0.2) is 17.0 Å². The Bertz CT molecular complexity index is 745. The number of fused-ring (bicyclic) bond motifs is 1. The largest absolute Gasteiger partial charge is 0.361 e. The molecule has 128 valence electrons. The number of carbonyl (C=O) groups excluding carboxylic acids is 1. The molecule has 2 heterocycles. The van der Waals surface area contributed by atoms with Gasteiger partial charge in [-0.1, -0.05) is 12.8 Å². The van der Waals surface area contributed by atoms with Crippen LogP contribution in [0.5, 0.6) is 0 Å². The Labute approximate surface area is 141 Å². The van der Waals surface area contributed by atoms with E-state index in [-0.39, 0.29) is 5.91 Å². The number of nitrogens with zero attached hydrogens (tertiary/aromatic N) is 6. The third-order valence-corrected chi connectivity index (χ3v) is 5.06. The van der Waals surface area contributed by atoms with E-state index < -0.39 is 0 Å². The molecule has 2 saturated carbocycles. The van der Waals surface area contributed by atoms with Crippen molar-refractivity contribution in [3.8, 4) is 0 Å². The second kappa shape index (κ2) is 6.03. The summed E-state index contributed by atoms with van der Waals surface area (Å²) >= 11 is 0. The first-order chi connectivity index (χ1) is 11.6. The average molecular weight is 328 g/mol. The molecule has 7 nitrogen and oxygen atoms in total. The Hall–Kier alpha value is -2.18. The Morgan fingerprint density at radius 1 is 1.12 bits per heavy atom. The number of anilines is 1. The summed E-state index contributed by atoms with van der Waals surface area (Å²) in [5, 5.41) is 0. The number of rotatable bonds is 5. The van der Waals surface area contributed by atoms with Crippen LogP contribution in [0.15, 0.2) is 12.7 Å². The molecule has 7 heteroatoms. The van der Waals surface area contributed by atoms with E-state index in [0.717, 1.165) is 42.7 Å². The summed E-state index contributed by atoms with van der Waals surface area (Å²) in [5.74, 6) is 0.981. The van der Waals surface area contributed by atoms with Crippen LogP contribution in [0, 0.1) is 0 Å². The van der Waals surface area contributed by atoms with Gasteiger partial charge in [0.05, 0.1) is 6.33 Å². The number of hydrogen-bond acceptors (Lipinski definition) is 5. The van der Waals surface area contributed by atoms with Gasteiger partial charge in [0, 0.05) is 26.2 Å². The van der Waals surface area contributed by atoms with Gasteiger partial charge >= 0.3 is 0 Å². The lowest BCUT2D eigenvalue weighted by atomic mass is 10.2. The lowest BCUT2D eigenvalue weighted by molar-refractivity contribution is -0.134. The average Bonchev–Trinajstić information content (AvgIpc) is 3.08. The summed E-state index contributed by atoms with van der Waals surface area (Å²) in [6.45, 7) is 0.313. The van der Waals surface area contributed by atoms with Crippen molar-refractivity contribution < 1.29 is 4.79 Å². The zero-order valence-corrected chi connectivity index (χ0v) is 14.4. The predicted octanol–water partition coefficient (Wildman–Crippen LogP) is 1.83. The van der Waals surface area contributed by atoms with Crippen molar-refractivity contribution in [2.24, 2.45) is 0 Å². The number of amides is 1. The highest BCUT2D eigenvalue weighted by atomic mass is 16.2. The smallest absolute Gasteiger partial charge is 0.243 e. The van der Waals surface area contributed by atoms with Gasteiger partial charge in [-0.3, -0.25) is 4.79 Å². The summed E-state index contributed by atoms with van der Waals surface area (Å²) in [5.41, 5.74) is 1.47. The second-order valence-electron chi connectivity index (χ2n) is 7.11. The molecule has 0 unspecified atom stereocenters. The van der Waals surface area contributed by atoms with Gasteiger partial charge in [0.25, 0.3) is 0 Å². The number of imidazole rings is 1. The maximum atomic E-state index is 13.0. The molecule has 2 aromatic rings. The molecule has 1 amide bonds. The second-order valence-corrected chi connectivity index (χ2v) is 7.11. The van der Waals surface area contributed by atoms with Crippen molar-refractivity contribution in [3.05, 3.63) is 12.7 Å². The van der Waals surface area contributed by atoms with Crippen molar-refractivity contribution in [1.82, 2.24) is 24.4 Å². The molecular weight excluding hydrogens is 304 g/mol. The Balaban J connectivity index is 1.59. The lowest BCUT2D eigenvalue weighted by Crippen LogP contribution is -2.42. The Kier molecular flexibility index (Phi) is 3.86. The van der Waals surface area contributed by atoms with E-state index in [9.17, 15) is 4.79 Å². The summed E-state index contributed by atoms with van der Waals surface area (Å²) in [4.78, 5) is 30.1. The van der Waals surface area contributed by atoms with Gasteiger partial charge in [0.1, 0.15) is 12.9 Å². The highest BCUT2D eigenvalue weighted by molar-refractivity contribution is 5.85. The molecule has 24 heavy (non-hydrogen) atoms. The van der Waals surface area contributed by atoms with Crippen LogP contribution in [-0.4, -0.2) is 56.5 Å². The molecule has 4 rings (SSSR count). The number of aromatic nitrogens is 4. The quantitative estimate of drug-likeness (QED) is 0.837. The number of carbonyl (C=O) groups is 1. The molecule has 2 fully saturated rings. The molecule has 0 radical (unpaired) electrons. The first-order valence-corrected chi connectivity index (χ1v) is 8.79. The van der Waals surface area contributed by atoms with Crippen molar-refractivity contribution in [2.45, 2.75) is 57.2 Å². The van der Waals surface area contributed by atoms with Gasteiger partial charge in [-0.15, -0.1) is 0 Å². The van der Waals surface area contributed by atoms with E-state index >= 15 is 0 Å². The minimum atomic E-state index is 0.203. The van der Waals surface area contributed by atoms with Crippen LogP contribution in [-0.2, 0) is 11.3 Å². The van der Waals surface area contributed by atoms with Crippen molar-refractivity contribution >= 4 is 22.9 Å². The van der Waals surface area contributed by atoms with E-state index in [2.05, 4.69) is 19.9 Å². The summed E-state index contributed by atoms with van der Waals surface area (Å²) in [7, 11) is 3.86. The van der Waals surface area contributed by atoms with Crippen LogP contribution >= 0.6 is 0 Å². The fourth-order valence-corrected chi connectivity index (χ4v) is 3.78. The molecule has 0 atom stereocenters. The first kappa shape index (κ1) is 15.4. The SMILES string of the molecule is CN(C)c1ncnc2c1ncn2CC(=O)N(C1CCCC1)C1CC1. The zero-order chi connectivity index (χ0) is 16.7. The van der Waals surface area contributed by atoms with Gasteiger partial charge in [-0.05, 0) is 25.7 Å². The summed E-state index contributed by atoms with van der Waals surface area (Å²) in [6, 6.07) is 0.897. The maximum absolute atomic E-state index is 13.0. The van der Waals surface area contributed by atoms with Crippen LogP contribution in [0.2, 0.25) is 0 Å². The molecule has 2 aliphatic carbocycles. The van der Waals surface area contributed by atoms with Crippen molar-refractivity contribution in [3.63, 3.8) is 0 Å². The Morgan fingerprint density at radius 3 is 2.50 bits per heavy atom. The molecular formula is C17H24N6O. The molecule has 0 aliphatic heterocycles. The highest BCUT2D eigenvalue weighted by Gasteiger charge is 2.38. The molecule has 0 aromatic carbocycles. The summed E-state index contributed by atoms with van der Waals surface area (Å²) in [6.07, 6.45) is 10.3. The lowest BCUT2D eigenvalue weighted by Gasteiger charge is -2.29. The highest BCUT2D eigenvalue weighted by Crippen LogP contribution is 2.34. The summed E-state index contributed by atoms with van der Waals surface area (Å²) < 4.78 is 1.86. The topological polar surface area (TPSA) is 67.2 Å². The normalized spacial score (nSPS) is 18.2. The van der Waals surface area contributed by atoms with Crippen LogP contribution in [0.4, 0.5) is 5.82 Å². The molecule has 0 bridgehead atoms. The van der Waals surface area contributed by atoms with Gasteiger partial charge in [-0.2, -0.15) is 0 Å². The van der Waals surface area contributed by atoms with Crippen LogP contribution in [0.3, 0.4) is 0 Å². The van der Waals surface area contributed by atoms with Gasteiger partial charge in [-0.25, -0.2) is 15.0 Å². The number of hydrogen-bond donors (Lipinski definition) is 0. The third-order valence-electron chi connectivity index (χ3n) is 5.06. The van der Waals surface area contributed by atoms with Crippen molar-refractivity contribution in [2.75, 3.05) is 19.0 Å². The molecule has 0 saturated heterocycles. The fraction of sp³-hybridized carbons (Fsp3) is 0.647. The van der Waals surface area contributed by atoms with E-state index in [4.69, 9.17) is 0 Å². The minimum Gasteiger partial charge on any atom is -0.361 e. The molecule has 2 aromatic heterocycles. The Morgan fingerprint density at radius 2 is 1.83 bits per heavy atom. The molecule has 2 aliphatic rings. The van der Waals surface area contributed by atoms with Gasteiger partial charge in [0.2, 0.25) is 5.91 Å². The van der Waals surface area contributed by atoms with Crippen LogP contribution in [0.1, 0.15) is 38.5 Å². The fourth-order valence-electron chi connectivity index (χ4n) is 3.78. The van der Waals surface area contributed by atoms with Crippen LogP contribution in [0.25, 0.3) is 11.2 Å². The minimum absolute atomic E-state index is 0.203.